The molecule has 170 valence electrons. The van der Waals surface area contributed by atoms with Crippen LogP contribution < -0.4 is 10.6 Å². The first-order valence-corrected chi connectivity index (χ1v) is 11.1. The van der Waals surface area contributed by atoms with Gasteiger partial charge in [0.1, 0.15) is 12.2 Å². The zero-order chi connectivity index (χ0) is 23.3. The molecule has 3 heterocycles. The van der Waals surface area contributed by atoms with E-state index in [9.17, 15) is 5.26 Å². The zero-order valence-electron chi connectivity index (χ0n) is 18.8. The molecule has 2 N–H and O–H groups in total. The van der Waals surface area contributed by atoms with Crippen LogP contribution in [0.5, 0.6) is 0 Å². The van der Waals surface area contributed by atoms with Crippen molar-refractivity contribution in [3.8, 4) is 23.0 Å². The van der Waals surface area contributed by atoms with Gasteiger partial charge in [-0.1, -0.05) is 0 Å². The standard InChI is InChI=1S/C25H24N8O/c1-17-28-16-33(32-17)23-4-2-20(3-5-23)30-25-27-9-6-24(31-25)19-12-18(15-26)13-22(14-19)29-21-7-10-34-11-8-21/h2-6,9,12-14,16,21,29H,7-8,10-11H2,1H3,(H,27,30,31). The highest BCUT2D eigenvalue weighted by Gasteiger charge is 2.15. The number of ether oxygens (including phenoxy) is 1. The molecule has 0 radical (unpaired) electrons. The Kier molecular flexibility index (Phi) is 6.14. The summed E-state index contributed by atoms with van der Waals surface area (Å²) in [5, 5.41) is 20.6. The Hall–Kier alpha value is -4.29. The number of rotatable bonds is 6. The Morgan fingerprint density at radius 2 is 1.85 bits per heavy atom. The van der Waals surface area contributed by atoms with E-state index in [1.807, 2.05) is 55.5 Å². The third-order valence-electron chi connectivity index (χ3n) is 5.60. The summed E-state index contributed by atoms with van der Waals surface area (Å²) in [6.07, 6.45) is 5.29. The SMILES string of the molecule is Cc1ncn(-c2ccc(Nc3nccc(-c4cc(C#N)cc(NC5CCOCC5)c4)n3)cc2)n1. The topological polar surface area (TPSA) is 114 Å². The summed E-state index contributed by atoms with van der Waals surface area (Å²) in [6, 6.07) is 18.0. The summed E-state index contributed by atoms with van der Waals surface area (Å²) in [5.41, 5.74) is 4.85. The van der Waals surface area contributed by atoms with Crippen molar-refractivity contribution in [2.75, 3.05) is 23.8 Å². The van der Waals surface area contributed by atoms with Crippen LogP contribution in [-0.4, -0.2) is 44.0 Å². The number of nitrogens with one attached hydrogen (secondary N) is 2. The summed E-state index contributed by atoms with van der Waals surface area (Å²) in [6.45, 7) is 3.36. The second-order valence-corrected chi connectivity index (χ2v) is 8.12. The zero-order valence-corrected chi connectivity index (χ0v) is 18.8. The molecule has 1 aliphatic heterocycles. The number of aryl methyl sites for hydroxylation is 1. The molecule has 0 aliphatic carbocycles. The van der Waals surface area contributed by atoms with E-state index < -0.39 is 0 Å². The molecule has 5 rings (SSSR count). The van der Waals surface area contributed by atoms with Crippen molar-refractivity contribution >= 4 is 17.3 Å². The van der Waals surface area contributed by atoms with Gasteiger partial charge in [-0.25, -0.2) is 19.6 Å². The van der Waals surface area contributed by atoms with E-state index in [1.165, 1.54) is 0 Å². The maximum atomic E-state index is 9.54. The summed E-state index contributed by atoms with van der Waals surface area (Å²) >= 11 is 0. The molecule has 1 fully saturated rings. The molecule has 0 spiro atoms. The second kappa shape index (κ2) is 9.68. The van der Waals surface area contributed by atoms with Gasteiger partial charge in [0.15, 0.2) is 0 Å². The third-order valence-corrected chi connectivity index (χ3v) is 5.60. The molecule has 4 aromatic rings. The molecule has 1 aliphatic rings. The number of aromatic nitrogens is 5. The summed E-state index contributed by atoms with van der Waals surface area (Å²) in [4.78, 5) is 13.2. The second-order valence-electron chi connectivity index (χ2n) is 8.12. The molecule has 0 bridgehead atoms. The highest BCUT2D eigenvalue weighted by atomic mass is 16.5. The van der Waals surface area contributed by atoms with Gasteiger partial charge >= 0.3 is 0 Å². The molecule has 0 unspecified atom stereocenters. The number of nitriles is 1. The highest BCUT2D eigenvalue weighted by molar-refractivity contribution is 5.69. The minimum Gasteiger partial charge on any atom is -0.382 e. The Balaban J connectivity index is 1.35. The molecule has 9 nitrogen and oxygen atoms in total. The van der Waals surface area contributed by atoms with Crippen molar-refractivity contribution < 1.29 is 4.74 Å². The minimum atomic E-state index is 0.336. The normalized spacial score (nSPS) is 13.9. The van der Waals surface area contributed by atoms with Crippen molar-refractivity contribution in [3.63, 3.8) is 0 Å². The number of benzene rings is 2. The van der Waals surface area contributed by atoms with Gasteiger partial charge in [-0.05, 0) is 68.3 Å². The average molecular weight is 453 g/mol. The summed E-state index contributed by atoms with van der Waals surface area (Å²) < 4.78 is 7.17. The van der Waals surface area contributed by atoms with Crippen molar-refractivity contribution in [3.05, 3.63) is 72.4 Å². The molecular formula is C25H24N8O. The Morgan fingerprint density at radius 3 is 2.59 bits per heavy atom. The lowest BCUT2D eigenvalue weighted by atomic mass is 10.0. The first-order valence-electron chi connectivity index (χ1n) is 11.1. The molecule has 34 heavy (non-hydrogen) atoms. The van der Waals surface area contributed by atoms with Gasteiger partial charge < -0.3 is 15.4 Å². The number of hydrogen-bond acceptors (Lipinski definition) is 8. The number of hydrogen-bond donors (Lipinski definition) is 2. The third kappa shape index (κ3) is 5.03. The van der Waals surface area contributed by atoms with Gasteiger partial charge in [0.05, 0.1) is 23.0 Å². The quantitative estimate of drug-likeness (QED) is 0.447. The lowest BCUT2D eigenvalue weighted by Crippen LogP contribution is -2.27. The fourth-order valence-electron chi connectivity index (χ4n) is 3.88. The monoisotopic (exact) mass is 452 g/mol. The summed E-state index contributed by atoms with van der Waals surface area (Å²) in [7, 11) is 0. The maximum absolute atomic E-state index is 9.54. The van der Waals surface area contributed by atoms with Gasteiger partial charge in [0, 0.05) is 42.4 Å². The van der Waals surface area contributed by atoms with Crippen LogP contribution in [-0.2, 0) is 4.74 Å². The van der Waals surface area contributed by atoms with Crippen LogP contribution >= 0.6 is 0 Å². The van der Waals surface area contributed by atoms with Crippen molar-refractivity contribution in [1.82, 2.24) is 24.7 Å². The lowest BCUT2D eigenvalue weighted by Gasteiger charge is -2.24. The molecular weight excluding hydrogens is 428 g/mol. The first kappa shape index (κ1) is 21.6. The number of nitrogens with zero attached hydrogens (tertiary/aromatic N) is 6. The van der Waals surface area contributed by atoms with E-state index in [-0.39, 0.29) is 0 Å². The Morgan fingerprint density at radius 1 is 1.03 bits per heavy atom. The molecule has 0 amide bonds. The van der Waals surface area contributed by atoms with Crippen LogP contribution in [0.25, 0.3) is 16.9 Å². The van der Waals surface area contributed by atoms with Crippen LogP contribution in [0.4, 0.5) is 17.3 Å². The maximum Gasteiger partial charge on any atom is 0.227 e. The van der Waals surface area contributed by atoms with Gasteiger partial charge in [-0.3, -0.25) is 0 Å². The largest absolute Gasteiger partial charge is 0.382 e. The minimum absolute atomic E-state index is 0.336. The Bertz CT molecular complexity index is 1320. The van der Waals surface area contributed by atoms with Gasteiger partial charge in [-0.2, -0.15) is 10.4 Å². The van der Waals surface area contributed by atoms with Crippen molar-refractivity contribution in [2.45, 2.75) is 25.8 Å². The lowest BCUT2D eigenvalue weighted by molar-refractivity contribution is 0.0904. The molecule has 0 saturated carbocycles. The first-order chi connectivity index (χ1) is 16.7. The summed E-state index contributed by atoms with van der Waals surface area (Å²) in [5.74, 6) is 1.20. The molecule has 0 atom stereocenters. The number of anilines is 3. The molecule has 2 aromatic carbocycles. The predicted molar refractivity (Wildman–Crippen MR) is 129 cm³/mol. The van der Waals surface area contributed by atoms with Crippen molar-refractivity contribution in [2.24, 2.45) is 0 Å². The van der Waals surface area contributed by atoms with E-state index in [2.05, 4.69) is 36.8 Å². The van der Waals surface area contributed by atoms with Crippen molar-refractivity contribution in [1.29, 1.82) is 5.26 Å². The van der Waals surface area contributed by atoms with E-state index in [1.54, 1.807) is 17.2 Å². The van der Waals surface area contributed by atoms with Gasteiger partial charge in [0.2, 0.25) is 5.95 Å². The van der Waals surface area contributed by atoms with E-state index in [0.717, 1.165) is 60.2 Å². The fourth-order valence-corrected chi connectivity index (χ4v) is 3.88. The van der Waals surface area contributed by atoms with Crippen LogP contribution in [0.15, 0.2) is 61.1 Å². The molecule has 9 heteroatoms. The predicted octanol–water partition coefficient (Wildman–Crippen LogP) is 4.24. The van der Waals surface area contributed by atoms with Gasteiger partial charge in [0.25, 0.3) is 0 Å². The van der Waals surface area contributed by atoms with Crippen LogP contribution in [0.3, 0.4) is 0 Å². The van der Waals surface area contributed by atoms with E-state index >= 15 is 0 Å². The fraction of sp³-hybridized carbons (Fsp3) is 0.240. The van der Waals surface area contributed by atoms with Gasteiger partial charge in [-0.15, -0.1) is 0 Å². The highest BCUT2D eigenvalue weighted by Crippen LogP contribution is 2.26. The molecule has 1 saturated heterocycles. The Labute approximate surface area is 197 Å². The van der Waals surface area contributed by atoms with E-state index in [0.29, 0.717) is 17.6 Å². The average Bonchev–Trinajstić information content (AvgIpc) is 3.31. The molecule has 2 aromatic heterocycles. The van der Waals surface area contributed by atoms with Crippen LogP contribution in [0.2, 0.25) is 0 Å². The van der Waals surface area contributed by atoms with E-state index in [4.69, 9.17) is 4.74 Å². The smallest absolute Gasteiger partial charge is 0.227 e. The van der Waals surface area contributed by atoms with Crippen LogP contribution in [0.1, 0.15) is 24.2 Å². The van der Waals surface area contributed by atoms with Crippen LogP contribution in [0, 0.1) is 18.3 Å².